The van der Waals surface area contributed by atoms with Crippen LogP contribution in [0.25, 0.3) is 0 Å². The van der Waals surface area contributed by atoms with Crippen molar-refractivity contribution in [3.63, 3.8) is 0 Å². The van der Waals surface area contributed by atoms with Crippen molar-refractivity contribution in [1.29, 1.82) is 0 Å². The molecule has 0 spiro atoms. The summed E-state index contributed by atoms with van der Waals surface area (Å²) in [6, 6.07) is 5.37. The largest absolute Gasteiger partial charge is 0.454 e. The van der Waals surface area contributed by atoms with Gasteiger partial charge in [0.15, 0.2) is 11.5 Å². The summed E-state index contributed by atoms with van der Waals surface area (Å²) in [7, 11) is 0. The Morgan fingerprint density at radius 1 is 1.24 bits per heavy atom. The van der Waals surface area contributed by atoms with Crippen LogP contribution in [0.5, 0.6) is 11.5 Å². The van der Waals surface area contributed by atoms with Gasteiger partial charge in [-0.15, -0.1) is 0 Å². The Morgan fingerprint density at radius 2 is 2.00 bits per heavy atom. The Labute approximate surface area is 100.0 Å². The molecule has 1 aromatic carbocycles. The van der Waals surface area contributed by atoms with E-state index >= 15 is 0 Å². The summed E-state index contributed by atoms with van der Waals surface area (Å²) in [4.78, 5) is 0. The van der Waals surface area contributed by atoms with Crippen molar-refractivity contribution < 1.29 is 19.7 Å². The third-order valence-electron chi connectivity index (χ3n) is 2.56. The van der Waals surface area contributed by atoms with Crippen LogP contribution in [0.15, 0.2) is 18.2 Å². The van der Waals surface area contributed by atoms with Crippen molar-refractivity contribution in [3.8, 4) is 11.5 Å². The molecule has 5 nitrogen and oxygen atoms in total. The summed E-state index contributed by atoms with van der Waals surface area (Å²) in [5.74, 6) is 1.37. The number of ether oxygens (including phenoxy) is 2. The lowest BCUT2D eigenvalue weighted by Crippen LogP contribution is -2.28. The smallest absolute Gasteiger partial charge is 0.231 e. The number of aliphatic hydroxyl groups excluding tert-OH is 2. The van der Waals surface area contributed by atoms with Crippen molar-refractivity contribution >= 4 is 0 Å². The predicted molar refractivity (Wildman–Crippen MR) is 62.1 cm³/mol. The molecule has 0 aliphatic carbocycles. The van der Waals surface area contributed by atoms with Gasteiger partial charge in [-0.1, -0.05) is 6.07 Å². The topological polar surface area (TPSA) is 71.0 Å². The highest BCUT2D eigenvalue weighted by molar-refractivity contribution is 5.45. The number of aliphatic hydroxyl groups is 2. The number of nitrogens with one attached hydrogen (secondary N) is 1. The molecule has 0 radical (unpaired) electrons. The van der Waals surface area contributed by atoms with Gasteiger partial charge in [-0.25, -0.2) is 0 Å². The molecule has 2 rings (SSSR count). The molecule has 94 valence electrons. The summed E-state index contributed by atoms with van der Waals surface area (Å²) in [5, 5.41) is 22.0. The second kappa shape index (κ2) is 5.35. The zero-order chi connectivity index (χ0) is 12.3. The third kappa shape index (κ3) is 3.09. The van der Waals surface area contributed by atoms with E-state index in [2.05, 4.69) is 5.32 Å². The maximum Gasteiger partial charge on any atom is 0.231 e. The minimum absolute atomic E-state index is 0.231. The zero-order valence-corrected chi connectivity index (χ0v) is 9.72. The van der Waals surface area contributed by atoms with Crippen LogP contribution in [-0.4, -0.2) is 36.2 Å². The Hall–Kier alpha value is -1.30. The number of rotatable bonds is 5. The minimum atomic E-state index is -0.622. The van der Waals surface area contributed by atoms with Gasteiger partial charge in [0.05, 0.1) is 12.2 Å². The molecule has 17 heavy (non-hydrogen) atoms. The van der Waals surface area contributed by atoms with E-state index in [-0.39, 0.29) is 6.79 Å². The lowest BCUT2D eigenvalue weighted by atomic mass is 10.1. The second-order valence-corrected chi connectivity index (χ2v) is 4.14. The van der Waals surface area contributed by atoms with Gasteiger partial charge in [0.1, 0.15) is 0 Å². The predicted octanol–water partition coefficient (Wildman–Crippen LogP) is 0.419. The lowest BCUT2D eigenvalue weighted by molar-refractivity contribution is 0.154. The maximum atomic E-state index is 9.92. The van der Waals surface area contributed by atoms with Crippen LogP contribution in [0.4, 0.5) is 0 Å². The van der Waals surface area contributed by atoms with E-state index in [4.69, 9.17) is 14.6 Å². The Morgan fingerprint density at radius 3 is 2.76 bits per heavy atom. The molecular weight excluding hydrogens is 222 g/mol. The van der Waals surface area contributed by atoms with Crippen molar-refractivity contribution in [2.75, 3.05) is 19.9 Å². The van der Waals surface area contributed by atoms with Gasteiger partial charge < -0.3 is 25.0 Å². The highest BCUT2D eigenvalue weighted by Gasteiger charge is 2.16. The molecule has 0 saturated heterocycles. The lowest BCUT2D eigenvalue weighted by Gasteiger charge is -2.13. The van der Waals surface area contributed by atoms with Crippen LogP contribution in [-0.2, 0) is 0 Å². The molecule has 1 aliphatic heterocycles. The average Bonchev–Trinajstić information content (AvgIpc) is 2.75. The van der Waals surface area contributed by atoms with Crippen molar-refractivity contribution in [2.45, 2.75) is 19.1 Å². The molecule has 2 atom stereocenters. The van der Waals surface area contributed by atoms with E-state index in [1.807, 2.05) is 6.07 Å². The zero-order valence-electron chi connectivity index (χ0n) is 9.72. The van der Waals surface area contributed by atoms with E-state index in [1.54, 1.807) is 19.1 Å². The molecular formula is C12H17NO4. The van der Waals surface area contributed by atoms with Gasteiger partial charge in [0.25, 0.3) is 0 Å². The van der Waals surface area contributed by atoms with E-state index in [9.17, 15) is 5.11 Å². The van der Waals surface area contributed by atoms with Crippen LogP contribution < -0.4 is 14.8 Å². The average molecular weight is 239 g/mol. The standard InChI is InChI=1S/C12H17NO4/c1-8(14)5-13-6-10(15)9-2-3-11-12(4-9)17-7-16-11/h2-4,8,10,13-15H,5-7H2,1H3. The van der Waals surface area contributed by atoms with E-state index < -0.39 is 12.2 Å². The fourth-order valence-electron chi connectivity index (χ4n) is 1.67. The third-order valence-corrected chi connectivity index (χ3v) is 2.56. The number of hydrogen-bond acceptors (Lipinski definition) is 5. The van der Waals surface area contributed by atoms with Crippen LogP contribution >= 0.6 is 0 Å². The number of benzene rings is 1. The quantitative estimate of drug-likeness (QED) is 0.694. The van der Waals surface area contributed by atoms with Crippen molar-refractivity contribution in [3.05, 3.63) is 23.8 Å². The van der Waals surface area contributed by atoms with E-state index in [0.29, 0.717) is 24.6 Å². The molecule has 3 N–H and O–H groups in total. The molecule has 2 unspecified atom stereocenters. The number of hydrogen-bond donors (Lipinski definition) is 3. The molecule has 0 amide bonds. The molecule has 0 aromatic heterocycles. The molecule has 1 heterocycles. The van der Waals surface area contributed by atoms with E-state index in [0.717, 1.165) is 5.56 Å². The molecule has 1 aliphatic rings. The van der Waals surface area contributed by atoms with Gasteiger partial charge in [0.2, 0.25) is 6.79 Å². The molecule has 1 aromatic rings. The first kappa shape index (κ1) is 12.2. The van der Waals surface area contributed by atoms with Crippen LogP contribution in [0.3, 0.4) is 0 Å². The second-order valence-electron chi connectivity index (χ2n) is 4.14. The summed E-state index contributed by atoms with van der Waals surface area (Å²) in [6.45, 7) is 2.78. The monoisotopic (exact) mass is 239 g/mol. The Bertz CT molecular complexity index is 381. The maximum absolute atomic E-state index is 9.92. The highest BCUT2D eigenvalue weighted by Crippen LogP contribution is 2.33. The van der Waals surface area contributed by atoms with Crippen LogP contribution in [0.1, 0.15) is 18.6 Å². The van der Waals surface area contributed by atoms with Gasteiger partial charge in [-0.05, 0) is 24.6 Å². The minimum Gasteiger partial charge on any atom is -0.454 e. The molecule has 5 heteroatoms. The van der Waals surface area contributed by atoms with Gasteiger partial charge in [0, 0.05) is 13.1 Å². The summed E-state index contributed by atoms with van der Waals surface area (Å²) < 4.78 is 10.4. The fourth-order valence-corrected chi connectivity index (χ4v) is 1.67. The molecule has 0 fully saturated rings. The highest BCUT2D eigenvalue weighted by atomic mass is 16.7. The Balaban J connectivity index is 1.92. The van der Waals surface area contributed by atoms with Crippen molar-refractivity contribution in [1.82, 2.24) is 5.32 Å². The molecule has 0 saturated carbocycles. The SMILES string of the molecule is CC(O)CNCC(O)c1ccc2c(c1)OCO2. The van der Waals surface area contributed by atoms with Gasteiger partial charge in [-0.3, -0.25) is 0 Å². The van der Waals surface area contributed by atoms with Gasteiger partial charge >= 0.3 is 0 Å². The summed E-state index contributed by atoms with van der Waals surface area (Å²) in [5.41, 5.74) is 0.771. The summed E-state index contributed by atoms with van der Waals surface area (Å²) in [6.07, 6.45) is -1.04. The summed E-state index contributed by atoms with van der Waals surface area (Å²) >= 11 is 0. The van der Waals surface area contributed by atoms with Gasteiger partial charge in [-0.2, -0.15) is 0 Å². The van der Waals surface area contributed by atoms with Crippen molar-refractivity contribution in [2.24, 2.45) is 0 Å². The fraction of sp³-hybridized carbons (Fsp3) is 0.500. The van der Waals surface area contributed by atoms with Crippen LogP contribution in [0.2, 0.25) is 0 Å². The Kier molecular flexibility index (Phi) is 3.83. The van der Waals surface area contributed by atoms with Crippen LogP contribution in [0, 0.1) is 0 Å². The van der Waals surface area contributed by atoms with E-state index in [1.165, 1.54) is 0 Å². The first-order valence-corrected chi connectivity index (χ1v) is 5.63. The molecule has 0 bridgehead atoms. The number of fused-ring (bicyclic) bond motifs is 1. The first-order chi connectivity index (χ1) is 8.16. The first-order valence-electron chi connectivity index (χ1n) is 5.63. The normalized spacial score (nSPS) is 16.9.